The molecule has 0 bridgehead atoms. The second kappa shape index (κ2) is 8.56. The lowest BCUT2D eigenvalue weighted by atomic mass is 10.0. The number of aliphatic carboxylic acids is 1. The van der Waals surface area contributed by atoms with Gasteiger partial charge < -0.3 is 14.6 Å². The molecular weight excluding hydrogens is 410 g/mol. The minimum atomic E-state index is -1.09. The number of nitriles is 1. The molecule has 7 heteroatoms. The number of halogens is 2. The summed E-state index contributed by atoms with van der Waals surface area (Å²) in [6.07, 6.45) is 1.69. The first kappa shape index (κ1) is 18.8. The summed E-state index contributed by atoms with van der Waals surface area (Å²) < 4.78 is 11.1. The van der Waals surface area contributed by atoms with Crippen LogP contribution in [0.3, 0.4) is 0 Å². The molecule has 128 valence electrons. The van der Waals surface area contributed by atoms with Gasteiger partial charge in [0.2, 0.25) is 0 Å². The average molecular weight is 423 g/mol. The van der Waals surface area contributed by atoms with E-state index in [0.29, 0.717) is 32.1 Å². The van der Waals surface area contributed by atoms with Gasteiger partial charge in [-0.15, -0.1) is 0 Å². The minimum Gasteiger partial charge on any atom is -0.493 e. The van der Waals surface area contributed by atoms with Crippen molar-refractivity contribution in [2.45, 2.75) is 0 Å². The third kappa shape index (κ3) is 4.99. The lowest BCUT2D eigenvalue weighted by Gasteiger charge is -2.12. The van der Waals surface area contributed by atoms with Crippen LogP contribution < -0.4 is 9.47 Å². The molecule has 0 saturated carbocycles. The molecular formula is C18H13BrClNO4. The Hall–Kier alpha value is -2.49. The van der Waals surface area contributed by atoms with Gasteiger partial charge in [0.05, 0.1) is 18.8 Å². The van der Waals surface area contributed by atoms with Crippen molar-refractivity contribution >= 4 is 45.1 Å². The number of hydrogen-bond donors (Lipinski definition) is 1. The predicted octanol–water partition coefficient (Wildman–Crippen LogP) is 4.64. The van der Waals surface area contributed by atoms with Gasteiger partial charge in [0.1, 0.15) is 0 Å². The zero-order valence-electron chi connectivity index (χ0n) is 13.1. The van der Waals surface area contributed by atoms with Crippen LogP contribution in [0.15, 0.2) is 40.9 Å². The van der Waals surface area contributed by atoms with E-state index < -0.39 is 12.6 Å². The normalized spacial score (nSPS) is 10.9. The Morgan fingerprint density at radius 2 is 2.00 bits per heavy atom. The molecule has 0 radical (unpaired) electrons. The zero-order chi connectivity index (χ0) is 18.4. The standard InChI is InChI=1S/C18H13BrClNO4/c1-24-16-7-12(15(19)8-17(16)25-10-18(22)23)6-13(9-21)11-2-4-14(20)5-3-11/h2-8H,10H2,1H3,(H,22,23)/b13-6-. The Labute approximate surface area is 158 Å². The minimum absolute atomic E-state index is 0.291. The van der Waals surface area contributed by atoms with Crippen LogP contribution in [0.2, 0.25) is 5.02 Å². The largest absolute Gasteiger partial charge is 0.493 e. The third-order valence-corrected chi connectivity index (χ3v) is 4.15. The van der Waals surface area contributed by atoms with E-state index in [1.807, 2.05) is 0 Å². The van der Waals surface area contributed by atoms with E-state index in [1.165, 1.54) is 7.11 Å². The van der Waals surface area contributed by atoms with Crippen molar-refractivity contribution < 1.29 is 19.4 Å². The fourth-order valence-electron chi connectivity index (χ4n) is 2.04. The van der Waals surface area contributed by atoms with E-state index in [0.717, 1.165) is 5.56 Å². The van der Waals surface area contributed by atoms with Crippen LogP contribution in [0.5, 0.6) is 11.5 Å². The molecule has 0 saturated heterocycles. The Balaban J connectivity index is 2.42. The Bertz CT molecular complexity index is 857. The van der Waals surface area contributed by atoms with E-state index in [2.05, 4.69) is 22.0 Å². The summed E-state index contributed by atoms with van der Waals surface area (Å²) >= 11 is 9.27. The van der Waals surface area contributed by atoms with Gasteiger partial charge in [-0.1, -0.05) is 39.7 Å². The van der Waals surface area contributed by atoms with E-state index in [9.17, 15) is 10.1 Å². The summed E-state index contributed by atoms with van der Waals surface area (Å²) in [5.41, 5.74) is 1.86. The average Bonchev–Trinajstić information content (AvgIpc) is 2.60. The highest BCUT2D eigenvalue weighted by atomic mass is 79.9. The third-order valence-electron chi connectivity index (χ3n) is 3.21. The molecule has 0 amide bonds. The summed E-state index contributed by atoms with van der Waals surface area (Å²) in [4.78, 5) is 10.7. The summed E-state index contributed by atoms with van der Waals surface area (Å²) in [7, 11) is 1.45. The predicted molar refractivity (Wildman–Crippen MR) is 98.8 cm³/mol. The van der Waals surface area contributed by atoms with Gasteiger partial charge in [0.15, 0.2) is 18.1 Å². The first-order chi connectivity index (χ1) is 11.9. The molecule has 0 aliphatic rings. The number of carboxylic acid groups (broad SMARTS) is 1. The highest BCUT2D eigenvalue weighted by Crippen LogP contribution is 2.35. The molecule has 2 aromatic rings. The molecule has 0 unspecified atom stereocenters. The van der Waals surface area contributed by atoms with Gasteiger partial charge in [0.25, 0.3) is 0 Å². The lowest BCUT2D eigenvalue weighted by Crippen LogP contribution is -2.10. The van der Waals surface area contributed by atoms with Crippen LogP contribution in [0, 0.1) is 11.3 Å². The van der Waals surface area contributed by atoms with Gasteiger partial charge in [0, 0.05) is 9.50 Å². The van der Waals surface area contributed by atoms with Gasteiger partial charge in [-0.25, -0.2) is 4.79 Å². The van der Waals surface area contributed by atoms with E-state index in [-0.39, 0.29) is 0 Å². The Kier molecular flexibility index (Phi) is 6.45. The molecule has 0 fully saturated rings. The number of hydrogen-bond acceptors (Lipinski definition) is 4. The number of benzene rings is 2. The van der Waals surface area contributed by atoms with Crippen LogP contribution >= 0.6 is 27.5 Å². The quantitative estimate of drug-likeness (QED) is 0.542. The van der Waals surface area contributed by atoms with E-state index in [1.54, 1.807) is 42.5 Å². The molecule has 1 N–H and O–H groups in total. The van der Waals surface area contributed by atoms with Gasteiger partial charge in [-0.3, -0.25) is 0 Å². The lowest BCUT2D eigenvalue weighted by molar-refractivity contribution is -0.139. The number of rotatable bonds is 6. The molecule has 0 heterocycles. The first-order valence-electron chi connectivity index (χ1n) is 7.04. The summed E-state index contributed by atoms with van der Waals surface area (Å²) in [6, 6.07) is 12.3. The van der Waals surface area contributed by atoms with Crippen molar-refractivity contribution in [2.24, 2.45) is 0 Å². The Morgan fingerprint density at radius 3 is 2.56 bits per heavy atom. The molecule has 0 aromatic heterocycles. The van der Waals surface area contributed by atoms with Crippen LogP contribution in [-0.4, -0.2) is 24.8 Å². The van der Waals surface area contributed by atoms with Crippen LogP contribution in [0.1, 0.15) is 11.1 Å². The summed E-state index contributed by atoms with van der Waals surface area (Å²) in [6.45, 7) is -0.480. The fourth-order valence-corrected chi connectivity index (χ4v) is 2.60. The van der Waals surface area contributed by atoms with E-state index >= 15 is 0 Å². The molecule has 2 aromatic carbocycles. The van der Waals surface area contributed by atoms with Crippen molar-refractivity contribution in [1.82, 2.24) is 0 Å². The maximum atomic E-state index is 10.7. The topological polar surface area (TPSA) is 79.5 Å². The van der Waals surface area contributed by atoms with Crippen LogP contribution in [0.25, 0.3) is 11.6 Å². The van der Waals surface area contributed by atoms with Crippen molar-refractivity contribution in [3.63, 3.8) is 0 Å². The Morgan fingerprint density at radius 1 is 1.32 bits per heavy atom. The van der Waals surface area contributed by atoms with Crippen LogP contribution in [-0.2, 0) is 4.79 Å². The summed E-state index contributed by atoms with van der Waals surface area (Å²) in [5, 5.41) is 18.8. The number of allylic oxidation sites excluding steroid dienone is 1. The van der Waals surface area contributed by atoms with Crippen molar-refractivity contribution in [3.05, 3.63) is 57.0 Å². The van der Waals surface area contributed by atoms with Gasteiger partial charge >= 0.3 is 5.97 Å². The zero-order valence-corrected chi connectivity index (χ0v) is 15.5. The highest BCUT2D eigenvalue weighted by Gasteiger charge is 2.12. The first-order valence-corrected chi connectivity index (χ1v) is 8.21. The van der Waals surface area contributed by atoms with Crippen molar-refractivity contribution in [3.8, 4) is 17.6 Å². The SMILES string of the molecule is COc1cc(/C=C(/C#N)c2ccc(Cl)cc2)c(Br)cc1OCC(=O)O. The van der Waals surface area contributed by atoms with Crippen molar-refractivity contribution in [2.75, 3.05) is 13.7 Å². The van der Waals surface area contributed by atoms with Gasteiger partial charge in [-0.2, -0.15) is 5.26 Å². The maximum Gasteiger partial charge on any atom is 0.341 e. The molecule has 2 rings (SSSR count). The number of nitrogens with zero attached hydrogens (tertiary/aromatic N) is 1. The highest BCUT2D eigenvalue weighted by molar-refractivity contribution is 9.10. The number of ether oxygens (including phenoxy) is 2. The van der Waals surface area contributed by atoms with Crippen molar-refractivity contribution in [1.29, 1.82) is 5.26 Å². The molecule has 0 aliphatic heterocycles. The number of carboxylic acids is 1. The molecule has 0 spiro atoms. The number of carbonyl (C=O) groups is 1. The molecule has 0 atom stereocenters. The molecule has 0 aliphatic carbocycles. The smallest absolute Gasteiger partial charge is 0.341 e. The number of methoxy groups -OCH3 is 1. The van der Waals surface area contributed by atoms with E-state index in [4.69, 9.17) is 26.2 Å². The molecule has 25 heavy (non-hydrogen) atoms. The fraction of sp³-hybridized carbons (Fsp3) is 0.111. The monoisotopic (exact) mass is 421 g/mol. The van der Waals surface area contributed by atoms with Gasteiger partial charge in [-0.05, 0) is 41.5 Å². The molecule has 5 nitrogen and oxygen atoms in total. The second-order valence-corrected chi connectivity index (χ2v) is 6.17. The maximum absolute atomic E-state index is 10.7. The summed E-state index contributed by atoms with van der Waals surface area (Å²) in [5.74, 6) is -0.431. The second-order valence-electron chi connectivity index (χ2n) is 4.88. The van der Waals surface area contributed by atoms with Crippen LogP contribution in [0.4, 0.5) is 0 Å².